The summed E-state index contributed by atoms with van der Waals surface area (Å²) in [6.07, 6.45) is 0. The molecule has 0 aliphatic rings. The summed E-state index contributed by atoms with van der Waals surface area (Å²) in [6.45, 7) is 0. The number of carbonyl (C=O) groups excluding carboxylic acids is 1. The van der Waals surface area contributed by atoms with E-state index in [1.807, 2.05) is 0 Å². The average Bonchev–Trinajstić information content (AvgIpc) is 2.62. The van der Waals surface area contributed by atoms with Crippen LogP contribution in [0.1, 0.15) is 16.1 Å². The highest BCUT2D eigenvalue weighted by Gasteiger charge is 2.19. The second-order valence-corrected chi connectivity index (χ2v) is 4.47. The minimum atomic E-state index is -0.564. The fourth-order valence-corrected chi connectivity index (χ4v) is 2.03. The van der Waals surface area contributed by atoms with Crippen molar-refractivity contribution in [3.8, 4) is 0 Å². The van der Waals surface area contributed by atoms with Gasteiger partial charge < -0.3 is 0 Å². The topological polar surface area (TPSA) is 47.8 Å². The molecule has 0 saturated heterocycles. The second-order valence-electron chi connectivity index (χ2n) is 3.31. The van der Waals surface area contributed by atoms with Gasteiger partial charge in [0.1, 0.15) is 11.5 Å². The standard InChI is InChI=1S/C10H6BrClFN3O/c1-16-8(10(11)14-15-16)9(17)5-2-3-7(13)6(12)4-5/h2-4H,1H3. The summed E-state index contributed by atoms with van der Waals surface area (Å²) in [5.41, 5.74) is 0.565. The number of ketones is 1. The Bertz CT molecular complexity index is 580. The van der Waals surface area contributed by atoms with Gasteiger partial charge in [0.2, 0.25) is 5.78 Å². The van der Waals surface area contributed by atoms with Gasteiger partial charge in [-0.1, -0.05) is 16.8 Å². The van der Waals surface area contributed by atoms with Crippen LogP contribution in [-0.2, 0) is 7.05 Å². The maximum Gasteiger partial charge on any atom is 0.213 e. The number of halogens is 3. The number of rotatable bonds is 2. The van der Waals surface area contributed by atoms with Crippen molar-refractivity contribution in [2.24, 2.45) is 7.05 Å². The zero-order valence-corrected chi connectivity index (χ0v) is 11.0. The van der Waals surface area contributed by atoms with Gasteiger partial charge in [0.25, 0.3) is 0 Å². The van der Waals surface area contributed by atoms with E-state index < -0.39 is 5.82 Å². The van der Waals surface area contributed by atoms with Crippen molar-refractivity contribution in [2.45, 2.75) is 0 Å². The molecule has 1 heterocycles. The van der Waals surface area contributed by atoms with Crippen molar-refractivity contribution in [1.82, 2.24) is 15.0 Å². The summed E-state index contributed by atoms with van der Waals surface area (Å²) < 4.78 is 14.7. The Morgan fingerprint density at radius 1 is 1.53 bits per heavy atom. The molecule has 2 aromatic rings. The summed E-state index contributed by atoms with van der Waals surface area (Å²) in [5.74, 6) is -0.892. The molecule has 0 amide bonds. The van der Waals surface area contributed by atoms with Crippen molar-refractivity contribution >= 4 is 33.3 Å². The quantitative estimate of drug-likeness (QED) is 0.800. The fraction of sp³-hybridized carbons (Fsp3) is 0.100. The van der Waals surface area contributed by atoms with Crippen LogP contribution in [0.2, 0.25) is 5.02 Å². The zero-order valence-electron chi connectivity index (χ0n) is 8.62. The molecule has 0 aliphatic heterocycles. The summed E-state index contributed by atoms with van der Waals surface area (Å²) >= 11 is 8.75. The Kier molecular flexibility index (Phi) is 3.26. The van der Waals surface area contributed by atoms with Gasteiger partial charge in [-0.05, 0) is 34.1 Å². The van der Waals surface area contributed by atoms with Crippen molar-refractivity contribution in [1.29, 1.82) is 0 Å². The van der Waals surface area contributed by atoms with Gasteiger partial charge in [-0.15, -0.1) is 5.10 Å². The van der Waals surface area contributed by atoms with Gasteiger partial charge >= 0.3 is 0 Å². The van der Waals surface area contributed by atoms with Gasteiger partial charge in [-0.2, -0.15) is 0 Å². The first-order valence-corrected chi connectivity index (χ1v) is 5.72. The average molecular weight is 319 g/mol. The molecule has 0 saturated carbocycles. The SMILES string of the molecule is Cn1nnc(Br)c1C(=O)c1ccc(F)c(Cl)c1. The van der Waals surface area contributed by atoms with E-state index in [1.165, 1.54) is 16.8 Å². The number of benzene rings is 1. The van der Waals surface area contributed by atoms with E-state index in [4.69, 9.17) is 11.6 Å². The van der Waals surface area contributed by atoms with Gasteiger partial charge in [0, 0.05) is 12.6 Å². The second kappa shape index (κ2) is 4.54. The summed E-state index contributed by atoms with van der Waals surface area (Å²) in [5, 5.41) is 7.30. The molecular weight excluding hydrogens is 312 g/mol. The first-order valence-electron chi connectivity index (χ1n) is 4.55. The van der Waals surface area contributed by atoms with Crippen LogP contribution in [0.15, 0.2) is 22.8 Å². The summed E-state index contributed by atoms with van der Waals surface area (Å²) in [6, 6.07) is 3.79. The van der Waals surface area contributed by atoms with Crippen molar-refractivity contribution in [3.63, 3.8) is 0 Å². The van der Waals surface area contributed by atoms with E-state index in [1.54, 1.807) is 7.05 Å². The van der Waals surface area contributed by atoms with Gasteiger partial charge in [0.15, 0.2) is 4.60 Å². The number of nitrogens with zero attached hydrogens (tertiary/aromatic N) is 3. The zero-order chi connectivity index (χ0) is 12.6. The molecule has 0 bridgehead atoms. The minimum Gasteiger partial charge on any atom is -0.287 e. The van der Waals surface area contributed by atoms with Crippen molar-refractivity contribution in [3.05, 3.63) is 44.9 Å². The lowest BCUT2D eigenvalue weighted by Gasteiger charge is -2.02. The van der Waals surface area contributed by atoms with Crippen LogP contribution in [0, 0.1) is 5.82 Å². The molecular formula is C10H6BrClFN3O. The van der Waals surface area contributed by atoms with Crippen LogP contribution < -0.4 is 0 Å². The molecule has 0 N–H and O–H groups in total. The third-order valence-electron chi connectivity index (χ3n) is 2.18. The number of aryl methyl sites for hydroxylation is 1. The van der Waals surface area contributed by atoms with Crippen molar-refractivity contribution in [2.75, 3.05) is 0 Å². The Hall–Kier alpha value is -1.27. The molecule has 0 fully saturated rings. The third kappa shape index (κ3) is 2.23. The number of hydrogen-bond donors (Lipinski definition) is 0. The Morgan fingerprint density at radius 3 is 2.76 bits per heavy atom. The summed E-state index contributed by atoms with van der Waals surface area (Å²) in [7, 11) is 1.59. The highest BCUT2D eigenvalue weighted by Crippen LogP contribution is 2.21. The van der Waals surface area contributed by atoms with Gasteiger partial charge in [-0.25, -0.2) is 9.07 Å². The number of carbonyl (C=O) groups is 1. The lowest BCUT2D eigenvalue weighted by molar-refractivity contribution is 0.102. The lowest BCUT2D eigenvalue weighted by Crippen LogP contribution is -2.09. The molecule has 1 aromatic carbocycles. The fourth-order valence-electron chi connectivity index (χ4n) is 1.35. The molecule has 0 radical (unpaired) electrons. The van der Waals surface area contributed by atoms with Gasteiger partial charge in [-0.3, -0.25) is 4.79 Å². The Labute approximate surface area is 110 Å². The molecule has 17 heavy (non-hydrogen) atoms. The first-order chi connectivity index (χ1) is 8.00. The molecule has 7 heteroatoms. The minimum absolute atomic E-state index is 0.0953. The largest absolute Gasteiger partial charge is 0.287 e. The molecule has 88 valence electrons. The summed E-state index contributed by atoms with van der Waals surface area (Å²) in [4.78, 5) is 12.1. The van der Waals surface area contributed by atoms with Crippen LogP contribution in [0.4, 0.5) is 4.39 Å². The molecule has 0 aliphatic carbocycles. The highest BCUT2D eigenvalue weighted by atomic mass is 79.9. The maximum absolute atomic E-state index is 13.0. The molecule has 4 nitrogen and oxygen atoms in total. The molecule has 0 spiro atoms. The van der Waals surface area contributed by atoms with E-state index in [0.717, 1.165) is 6.07 Å². The first kappa shape index (κ1) is 12.2. The Balaban J connectivity index is 2.48. The van der Waals surface area contributed by atoms with E-state index in [-0.39, 0.29) is 22.1 Å². The van der Waals surface area contributed by atoms with Crippen LogP contribution in [0.25, 0.3) is 0 Å². The number of aromatic nitrogens is 3. The number of hydrogen-bond acceptors (Lipinski definition) is 3. The normalized spacial score (nSPS) is 10.6. The lowest BCUT2D eigenvalue weighted by atomic mass is 10.1. The van der Waals surface area contributed by atoms with Crippen LogP contribution in [0.3, 0.4) is 0 Å². The maximum atomic E-state index is 13.0. The molecule has 2 rings (SSSR count). The van der Waals surface area contributed by atoms with E-state index in [2.05, 4.69) is 26.2 Å². The predicted octanol–water partition coefficient (Wildman–Crippen LogP) is 2.60. The van der Waals surface area contributed by atoms with Crippen LogP contribution in [-0.4, -0.2) is 20.8 Å². The molecule has 0 atom stereocenters. The molecule has 0 unspecified atom stereocenters. The van der Waals surface area contributed by atoms with Crippen molar-refractivity contribution < 1.29 is 9.18 Å². The monoisotopic (exact) mass is 317 g/mol. The van der Waals surface area contributed by atoms with E-state index >= 15 is 0 Å². The van der Waals surface area contributed by atoms with Crippen LogP contribution >= 0.6 is 27.5 Å². The van der Waals surface area contributed by atoms with E-state index in [0.29, 0.717) is 4.60 Å². The van der Waals surface area contributed by atoms with Gasteiger partial charge in [0.05, 0.1) is 5.02 Å². The molecule has 1 aromatic heterocycles. The third-order valence-corrected chi connectivity index (χ3v) is 3.01. The van der Waals surface area contributed by atoms with E-state index in [9.17, 15) is 9.18 Å². The predicted molar refractivity (Wildman–Crippen MR) is 63.5 cm³/mol. The highest BCUT2D eigenvalue weighted by molar-refractivity contribution is 9.10. The van der Waals surface area contributed by atoms with Crippen LogP contribution in [0.5, 0.6) is 0 Å². The smallest absolute Gasteiger partial charge is 0.213 e. The Morgan fingerprint density at radius 2 is 2.24 bits per heavy atom.